The molecule has 1 unspecified atom stereocenters. The van der Waals surface area contributed by atoms with E-state index in [1.165, 1.54) is 0 Å². The molecular formula is C10H16N4O2. The van der Waals surface area contributed by atoms with Crippen molar-refractivity contribution in [2.75, 3.05) is 26.3 Å². The van der Waals surface area contributed by atoms with Gasteiger partial charge in [-0.1, -0.05) is 0 Å². The number of hydrogen-bond acceptors (Lipinski definition) is 4. The van der Waals surface area contributed by atoms with E-state index in [4.69, 9.17) is 4.74 Å². The number of rotatable bonds is 5. The molecule has 0 radical (unpaired) electrons. The molecule has 0 aromatic carbocycles. The van der Waals surface area contributed by atoms with E-state index >= 15 is 0 Å². The molecule has 2 heterocycles. The lowest BCUT2D eigenvalue weighted by atomic mass is 10.2. The predicted molar refractivity (Wildman–Crippen MR) is 58.1 cm³/mol. The number of nitrogens with one attached hydrogen (secondary N) is 3. The second-order valence-corrected chi connectivity index (χ2v) is 3.74. The number of aromatic amines is 1. The summed E-state index contributed by atoms with van der Waals surface area (Å²) in [5, 5.41) is 12.4. The van der Waals surface area contributed by atoms with Gasteiger partial charge in [-0.15, -0.1) is 0 Å². The van der Waals surface area contributed by atoms with Gasteiger partial charge in [0.1, 0.15) is 5.69 Å². The van der Waals surface area contributed by atoms with Gasteiger partial charge in [-0.05, 0) is 12.5 Å². The summed E-state index contributed by atoms with van der Waals surface area (Å²) < 4.78 is 5.23. The Balaban J connectivity index is 1.59. The largest absolute Gasteiger partial charge is 0.380 e. The van der Waals surface area contributed by atoms with Gasteiger partial charge < -0.3 is 15.4 Å². The summed E-state index contributed by atoms with van der Waals surface area (Å²) in [4.78, 5) is 11.5. The fourth-order valence-electron chi connectivity index (χ4n) is 1.63. The van der Waals surface area contributed by atoms with Crippen molar-refractivity contribution in [1.82, 2.24) is 20.8 Å². The Bertz CT molecular complexity index is 320. The van der Waals surface area contributed by atoms with E-state index in [0.717, 1.165) is 26.2 Å². The Kier molecular flexibility index (Phi) is 3.90. The number of carbonyl (C=O) groups is 1. The van der Waals surface area contributed by atoms with Crippen molar-refractivity contribution in [2.45, 2.75) is 12.5 Å². The fraction of sp³-hybridized carbons (Fsp3) is 0.600. The summed E-state index contributed by atoms with van der Waals surface area (Å²) in [7, 11) is 0. The smallest absolute Gasteiger partial charge is 0.269 e. The number of carbonyl (C=O) groups excluding carboxylic acids is 1. The van der Waals surface area contributed by atoms with Crippen LogP contribution in [0.3, 0.4) is 0 Å². The molecule has 6 heteroatoms. The van der Waals surface area contributed by atoms with Crippen molar-refractivity contribution in [3.63, 3.8) is 0 Å². The van der Waals surface area contributed by atoms with Crippen molar-refractivity contribution >= 4 is 5.91 Å². The minimum Gasteiger partial charge on any atom is -0.380 e. The maximum absolute atomic E-state index is 11.5. The van der Waals surface area contributed by atoms with Crippen LogP contribution >= 0.6 is 0 Å². The third-order valence-electron chi connectivity index (χ3n) is 2.52. The molecular weight excluding hydrogens is 208 g/mol. The van der Waals surface area contributed by atoms with Gasteiger partial charge in [0.2, 0.25) is 0 Å². The molecule has 1 fully saturated rings. The van der Waals surface area contributed by atoms with E-state index < -0.39 is 0 Å². The minimum absolute atomic E-state index is 0.123. The first-order chi connectivity index (χ1) is 7.86. The molecule has 6 nitrogen and oxygen atoms in total. The monoisotopic (exact) mass is 224 g/mol. The predicted octanol–water partition coefficient (Wildman–Crippen LogP) is -0.482. The summed E-state index contributed by atoms with van der Waals surface area (Å²) in [6.45, 7) is 2.97. The van der Waals surface area contributed by atoms with Crippen LogP contribution < -0.4 is 10.6 Å². The molecule has 1 aromatic rings. The number of amides is 1. The molecule has 1 saturated heterocycles. The van der Waals surface area contributed by atoms with Gasteiger partial charge in [0, 0.05) is 31.9 Å². The highest BCUT2D eigenvalue weighted by Crippen LogP contribution is 2.01. The first-order valence-electron chi connectivity index (χ1n) is 5.45. The summed E-state index contributed by atoms with van der Waals surface area (Å²) in [5.74, 6) is -0.123. The zero-order chi connectivity index (χ0) is 11.2. The Hall–Kier alpha value is -1.40. The van der Waals surface area contributed by atoms with E-state index in [1.807, 2.05) is 0 Å². The summed E-state index contributed by atoms with van der Waals surface area (Å²) in [6.07, 6.45) is 2.61. The van der Waals surface area contributed by atoms with Crippen molar-refractivity contribution in [1.29, 1.82) is 0 Å². The van der Waals surface area contributed by atoms with Gasteiger partial charge in [0.15, 0.2) is 0 Å². The summed E-state index contributed by atoms with van der Waals surface area (Å²) >= 11 is 0. The molecule has 1 aromatic heterocycles. The SMILES string of the molecule is O=C(NCCNC1CCOC1)c1ccn[nH]1. The van der Waals surface area contributed by atoms with Crippen molar-refractivity contribution < 1.29 is 9.53 Å². The second-order valence-electron chi connectivity index (χ2n) is 3.74. The van der Waals surface area contributed by atoms with Gasteiger partial charge in [-0.25, -0.2) is 0 Å². The highest BCUT2D eigenvalue weighted by Gasteiger charge is 2.14. The molecule has 0 saturated carbocycles. The summed E-state index contributed by atoms with van der Waals surface area (Å²) in [5.41, 5.74) is 0.490. The number of aromatic nitrogens is 2. The zero-order valence-corrected chi connectivity index (χ0v) is 9.03. The Labute approximate surface area is 93.8 Å². The van der Waals surface area contributed by atoms with Crippen LogP contribution in [0.15, 0.2) is 12.3 Å². The maximum atomic E-state index is 11.5. The molecule has 1 aliphatic heterocycles. The van der Waals surface area contributed by atoms with Crippen LogP contribution in [0.1, 0.15) is 16.9 Å². The van der Waals surface area contributed by atoms with Crippen molar-refractivity contribution in [2.24, 2.45) is 0 Å². The third kappa shape index (κ3) is 3.04. The minimum atomic E-state index is -0.123. The average molecular weight is 224 g/mol. The van der Waals surface area contributed by atoms with E-state index in [0.29, 0.717) is 18.3 Å². The van der Waals surface area contributed by atoms with Crippen molar-refractivity contribution in [3.05, 3.63) is 18.0 Å². The molecule has 0 bridgehead atoms. The van der Waals surface area contributed by atoms with Crippen LogP contribution in [0.2, 0.25) is 0 Å². The molecule has 3 N–H and O–H groups in total. The molecule has 0 aliphatic carbocycles. The van der Waals surface area contributed by atoms with Crippen LogP contribution in [0, 0.1) is 0 Å². The zero-order valence-electron chi connectivity index (χ0n) is 9.03. The molecule has 16 heavy (non-hydrogen) atoms. The Morgan fingerprint density at radius 2 is 2.56 bits per heavy atom. The molecule has 0 spiro atoms. The lowest BCUT2D eigenvalue weighted by Crippen LogP contribution is -2.37. The van der Waals surface area contributed by atoms with Crippen LogP contribution in [-0.4, -0.2) is 48.4 Å². The molecule has 88 valence electrons. The van der Waals surface area contributed by atoms with E-state index in [9.17, 15) is 4.79 Å². The second kappa shape index (κ2) is 5.62. The normalized spacial score (nSPS) is 19.9. The highest BCUT2D eigenvalue weighted by molar-refractivity contribution is 5.92. The van der Waals surface area contributed by atoms with Gasteiger partial charge in [0.25, 0.3) is 5.91 Å². The van der Waals surface area contributed by atoms with Gasteiger partial charge in [0.05, 0.1) is 6.61 Å². The third-order valence-corrected chi connectivity index (χ3v) is 2.52. The van der Waals surface area contributed by atoms with E-state index in [2.05, 4.69) is 20.8 Å². The molecule has 1 amide bonds. The molecule has 1 aliphatic rings. The number of ether oxygens (including phenoxy) is 1. The topological polar surface area (TPSA) is 79.0 Å². The Morgan fingerprint density at radius 1 is 1.62 bits per heavy atom. The van der Waals surface area contributed by atoms with Gasteiger partial charge >= 0.3 is 0 Å². The van der Waals surface area contributed by atoms with E-state index in [1.54, 1.807) is 12.3 Å². The molecule has 1 atom stereocenters. The highest BCUT2D eigenvalue weighted by atomic mass is 16.5. The Morgan fingerprint density at radius 3 is 3.25 bits per heavy atom. The lowest BCUT2D eigenvalue weighted by molar-refractivity contribution is 0.0948. The average Bonchev–Trinajstić information content (AvgIpc) is 2.96. The van der Waals surface area contributed by atoms with Crippen LogP contribution in [0.5, 0.6) is 0 Å². The first kappa shape index (κ1) is 11.1. The van der Waals surface area contributed by atoms with Crippen LogP contribution in [-0.2, 0) is 4.74 Å². The molecule has 2 rings (SSSR count). The van der Waals surface area contributed by atoms with Gasteiger partial charge in [-0.3, -0.25) is 9.89 Å². The summed E-state index contributed by atoms with van der Waals surface area (Å²) in [6, 6.07) is 2.08. The first-order valence-corrected chi connectivity index (χ1v) is 5.45. The lowest BCUT2D eigenvalue weighted by Gasteiger charge is -2.10. The van der Waals surface area contributed by atoms with Gasteiger partial charge in [-0.2, -0.15) is 5.10 Å². The quantitative estimate of drug-likeness (QED) is 0.590. The van der Waals surface area contributed by atoms with Crippen LogP contribution in [0.25, 0.3) is 0 Å². The van der Waals surface area contributed by atoms with Crippen LogP contribution in [0.4, 0.5) is 0 Å². The number of nitrogens with zero attached hydrogens (tertiary/aromatic N) is 1. The number of H-pyrrole nitrogens is 1. The standard InChI is InChI=1S/C10H16N4O2/c15-10(9-1-3-13-14-9)12-5-4-11-8-2-6-16-7-8/h1,3,8,11H,2,4-7H2,(H,12,15)(H,13,14). The maximum Gasteiger partial charge on any atom is 0.269 e. The van der Waals surface area contributed by atoms with Crippen molar-refractivity contribution in [3.8, 4) is 0 Å². The number of hydrogen-bond donors (Lipinski definition) is 3. The van der Waals surface area contributed by atoms with E-state index in [-0.39, 0.29) is 5.91 Å². The fourth-order valence-corrected chi connectivity index (χ4v) is 1.63.